The minimum absolute atomic E-state index is 0.0170. The van der Waals surface area contributed by atoms with Crippen molar-refractivity contribution in [1.29, 1.82) is 0 Å². The van der Waals surface area contributed by atoms with E-state index < -0.39 is 0 Å². The van der Waals surface area contributed by atoms with E-state index in [0.29, 0.717) is 5.56 Å². The van der Waals surface area contributed by atoms with Crippen molar-refractivity contribution in [2.45, 2.75) is 6.42 Å². The van der Waals surface area contributed by atoms with E-state index in [2.05, 4.69) is 9.72 Å². The maximum absolute atomic E-state index is 11.4. The van der Waals surface area contributed by atoms with Crippen molar-refractivity contribution in [3.63, 3.8) is 0 Å². The van der Waals surface area contributed by atoms with Crippen molar-refractivity contribution in [3.05, 3.63) is 30.1 Å². The number of rotatable bonds is 5. The van der Waals surface area contributed by atoms with Gasteiger partial charge in [0.1, 0.15) is 6.61 Å². The molecule has 0 fully saturated rings. The zero-order valence-corrected chi connectivity index (χ0v) is 7.90. The fourth-order valence-corrected chi connectivity index (χ4v) is 1.03. The first-order valence-electron chi connectivity index (χ1n) is 4.18. The second-order valence-corrected chi connectivity index (χ2v) is 2.81. The lowest BCUT2D eigenvalue weighted by Gasteiger charge is -1.99. The van der Waals surface area contributed by atoms with E-state index in [1.807, 2.05) is 0 Å². The van der Waals surface area contributed by atoms with E-state index in [1.54, 1.807) is 12.1 Å². The number of pyridine rings is 1. The van der Waals surface area contributed by atoms with Gasteiger partial charge in [-0.2, -0.15) is 0 Å². The number of aromatic nitrogens is 1. The van der Waals surface area contributed by atoms with E-state index in [-0.39, 0.29) is 24.6 Å². The molecule has 0 spiro atoms. The van der Waals surface area contributed by atoms with Crippen LogP contribution in [0.25, 0.3) is 0 Å². The Bertz CT molecular complexity index is 321. The first-order valence-corrected chi connectivity index (χ1v) is 4.18. The molecule has 0 amide bonds. The maximum atomic E-state index is 11.4. The SMILES string of the molecule is COCC(=O)CC(=O)c1ccncc1. The molecule has 1 aromatic heterocycles. The van der Waals surface area contributed by atoms with Crippen LogP contribution < -0.4 is 0 Å². The summed E-state index contributed by atoms with van der Waals surface area (Å²) in [5, 5.41) is 0. The standard InChI is InChI=1S/C10H11NO3/c1-14-7-9(12)6-10(13)8-2-4-11-5-3-8/h2-5H,6-7H2,1H3. The summed E-state index contributed by atoms with van der Waals surface area (Å²) in [5.41, 5.74) is 0.504. The smallest absolute Gasteiger partial charge is 0.170 e. The van der Waals surface area contributed by atoms with Crippen molar-refractivity contribution in [3.8, 4) is 0 Å². The molecule has 0 aromatic carbocycles. The molecular weight excluding hydrogens is 182 g/mol. The lowest BCUT2D eigenvalue weighted by molar-refractivity contribution is -0.121. The predicted octanol–water partition coefficient (Wildman–Crippen LogP) is 0.870. The highest BCUT2D eigenvalue weighted by Gasteiger charge is 2.10. The molecule has 0 unspecified atom stereocenters. The van der Waals surface area contributed by atoms with Crippen LogP contribution in [0.4, 0.5) is 0 Å². The Morgan fingerprint density at radius 2 is 2.00 bits per heavy atom. The molecule has 0 N–H and O–H groups in total. The third kappa shape index (κ3) is 3.06. The van der Waals surface area contributed by atoms with Gasteiger partial charge in [-0.3, -0.25) is 14.6 Å². The number of carbonyl (C=O) groups is 2. The van der Waals surface area contributed by atoms with Crippen LogP contribution in [0, 0.1) is 0 Å². The highest BCUT2D eigenvalue weighted by Crippen LogP contribution is 2.01. The van der Waals surface area contributed by atoms with Gasteiger partial charge >= 0.3 is 0 Å². The van der Waals surface area contributed by atoms with E-state index in [1.165, 1.54) is 19.5 Å². The van der Waals surface area contributed by atoms with Crippen molar-refractivity contribution in [1.82, 2.24) is 4.98 Å². The number of hydrogen-bond donors (Lipinski definition) is 0. The number of ketones is 2. The molecule has 0 aliphatic rings. The number of methoxy groups -OCH3 is 1. The molecule has 4 nitrogen and oxygen atoms in total. The van der Waals surface area contributed by atoms with Crippen LogP contribution in [0.2, 0.25) is 0 Å². The molecule has 0 atom stereocenters. The lowest BCUT2D eigenvalue weighted by atomic mass is 10.1. The van der Waals surface area contributed by atoms with Crippen LogP contribution in [0.3, 0.4) is 0 Å². The van der Waals surface area contributed by atoms with Crippen molar-refractivity contribution in [2.75, 3.05) is 13.7 Å². The van der Waals surface area contributed by atoms with Gasteiger partial charge in [0, 0.05) is 25.1 Å². The molecule has 74 valence electrons. The molecule has 1 aromatic rings. The first-order chi connectivity index (χ1) is 6.74. The zero-order chi connectivity index (χ0) is 10.4. The summed E-state index contributed by atoms with van der Waals surface area (Å²) in [7, 11) is 1.43. The maximum Gasteiger partial charge on any atom is 0.170 e. The second-order valence-electron chi connectivity index (χ2n) is 2.81. The number of Topliss-reactive ketones (excluding diaryl/α,β-unsaturated/α-hetero) is 2. The number of nitrogens with zero attached hydrogens (tertiary/aromatic N) is 1. The van der Waals surface area contributed by atoms with Gasteiger partial charge in [-0.1, -0.05) is 0 Å². The molecule has 14 heavy (non-hydrogen) atoms. The summed E-state index contributed by atoms with van der Waals surface area (Å²) < 4.78 is 4.63. The van der Waals surface area contributed by atoms with Crippen LogP contribution in [0.5, 0.6) is 0 Å². The molecule has 1 rings (SSSR count). The fourth-order valence-electron chi connectivity index (χ4n) is 1.03. The molecule has 0 saturated carbocycles. The molecule has 0 radical (unpaired) electrons. The molecule has 4 heteroatoms. The lowest BCUT2D eigenvalue weighted by Crippen LogP contribution is -2.12. The van der Waals surface area contributed by atoms with Gasteiger partial charge in [-0.25, -0.2) is 0 Å². The first kappa shape index (κ1) is 10.5. The second kappa shape index (κ2) is 5.24. The average molecular weight is 193 g/mol. The molecule has 1 heterocycles. The molecule has 0 bridgehead atoms. The van der Waals surface area contributed by atoms with Gasteiger partial charge in [0.15, 0.2) is 11.6 Å². The number of ether oxygens (including phenoxy) is 1. The summed E-state index contributed by atoms with van der Waals surface area (Å²) in [6, 6.07) is 3.17. The Labute approximate surface area is 81.9 Å². The van der Waals surface area contributed by atoms with E-state index >= 15 is 0 Å². The van der Waals surface area contributed by atoms with Gasteiger partial charge in [0.25, 0.3) is 0 Å². The molecular formula is C10H11NO3. The van der Waals surface area contributed by atoms with Crippen LogP contribution >= 0.6 is 0 Å². The monoisotopic (exact) mass is 193 g/mol. The topological polar surface area (TPSA) is 56.3 Å². The summed E-state index contributed by atoms with van der Waals surface area (Å²) in [6.07, 6.45) is 2.93. The van der Waals surface area contributed by atoms with Crippen LogP contribution in [0.1, 0.15) is 16.8 Å². The van der Waals surface area contributed by atoms with Crippen molar-refractivity contribution in [2.24, 2.45) is 0 Å². The van der Waals surface area contributed by atoms with Gasteiger partial charge in [-0.05, 0) is 12.1 Å². The molecule has 0 aliphatic carbocycles. The van der Waals surface area contributed by atoms with Gasteiger partial charge < -0.3 is 4.74 Å². The Morgan fingerprint density at radius 3 is 2.57 bits per heavy atom. The predicted molar refractivity (Wildman–Crippen MR) is 50.1 cm³/mol. The van der Waals surface area contributed by atoms with E-state index in [0.717, 1.165) is 0 Å². The fraction of sp³-hybridized carbons (Fsp3) is 0.300. The van der Waals surface area contributed by atoms with Crippen LogP contribution in [0.15, 0.2) is 24.5 Å². The Balaban J connectivity index is 2.55. The third-order valence-corrected chi connectivity index (χ3v) is 1.67. The highest BCUT2D eigenvalue weighted by molar-refractivity contribution is 6.08. The van der Waals surface area contributed by atoms with Gasteiger partial charge in [0.2, 0.25) is 0 Å². The third-order valence-electron chi connectivity index (χ3n) is 1.67. The Morgan fingerprint density at radius 1 is 1.36 bits per heavy atom. The Kier molecular flexibility index (Phi) is 3.94. The summed E-state index contributed by atoms with van der Waals surface area (Å²) >= 11 is 0. The highest BCUT2D eigenvalue weighted by atomic mass is 16.5. The van der Waals surface area contributed by atoms with Gasteiger partial charge in [-0.15, -0.1) is 0 Å². The van der Waals surface area contributed by atoms with Crippen molar-refractivity contribution >= 4 is 11.6 Å². The molecule has 0 aliphatic heterocycles. The normalized spacial score (nSPS) is 9.79. The zero-order valence-electron chi connectivity index (χ0n) is 7.90. The number of hydrogen-bond acceptors (Lipinski definition) is 4. The average Bonchev–Trinajstić information content (AvgIpc) is 2.19. The van der Waals surface area contributed by atoms with Gasteiger partial charge in [0.05, 0.1) is 6.42 Å². The quantitative estimate of drug-likeness (QED) is 0.514. The minimum Gasteiger partial charge on any atom is -0.377 e. The van der Waals surface area contributed by atoms with Crippen molar-refractivity contribution < 1.29 is 14.3 Å². The molecule has 0 saturated heterocycles. The largest absolute Gasteiger partial charge is 0.377 e. The van der Waals surface area contributed by atoms with E-state index in [4.69, 9.17) is 0 Å². The van der Waals surface area contributed by atoms with Crippen LogP contribution in [-0.2, 0) is 9.53 Å². The summed E-state index contributed by atoms with van der Waals surface area (Å²) in [4.78, 5) is 26.3. The Hall–Kier alpha value is -1.55. The van der Waals surface area contributed by atoms with Crippen LogP contribution in [-0.4, -0.2) is 30.3 Å². The summed E-state index contributed by atoms with van der Waals surface area (Å²) in [5.74, 6) is -0.413. The summed E-state index contributed by atoms with van der Waals surface area (Å²) in [6.45, 7) is -0.0170. The minimum atomic E-state index is -0.214. The number of carbonyl (C=O) groups excluding carboxylic acids is 2. The van der Waals surface area contributed by atoms with E-state index in [9.17, 15) is 9.59 Å².